The molecule has 31 heavy (non-hydrogen) atoms. The molecule has 0 bridgehead atoms. The zero-order valence-corrected chi connectivity index (χ0v) is 19.2. The molecule has 1 amide bonds. The van der Waals surface area contributed by atoms with E-state index in [-0.39, 0.29) is 16.4 Å². The molecule has 2 heterocycles. The Balaban J connectivity index is 1.73. The molecule has 0 N–H and O–H groups in total. The fourth-order valence-electron chi connectivity index (χ4n) is 3.79. The first-order valence-electron chi connectivity index (χ1n) is 10.3. The van der Waals surface area contributed by atoms with E-state index in [1.165, 1.54) is 23.5 Å². The van der Waals surface area contributed by atoms with Crippen molar-refractivity contribution in [3.8, 4) is 5.75 Å². The highest BCUT2D eigenvalue weighted by Crippen LogP contribution is 2.38. The fraction of sp³-hybridized carbons (Fsp3) is 0.409. The van der Waals surface area contributed by atoms with E-state index in [4.69, 9.17) is 9.47 Å². The van der Waals surface area contributed by atoms with Crippen molar-refractivity contribution in [2.75, 3.05) is 44.9 Å². The zero-order chi connectivity index (χ0) is 22.0. The largest absolute Gasteiger partial charge is 0.496 e. The molecule has 2 aliphatic rings. The Morgan fingerprint density at radius 2 is 1.87 bits per heavy atom. The third-order valence-electron chi connectivity index (χ3n) is 5.50. The lowest BCUT2D eigenvalue weighted by Crippen LogP contribution is -2.40. The van der Waals surface area contributed by atoms with E-state index in [1.807, 2.05) is 24.3 Å². The molecule has 9 heteroatoms. The Hall–Kier alpha value is -2.07. The molecule has 166 valence electrons. The van der Waals surface area contributed by atoms with E-state index < -0.39 is 10.0 Å². The normalized spacial score (nSPS) is 20.1. The van der Waals surface area contributed by atoms with Gasteiger partial charge >= 0.3 is 0 Å². The number of nitrogens with zero attached hydrogens (tertiary/aromatic N) is 2. The molecule has 0 radical (unpaired) electrons. The molecule has 1 atom stereocenters. The number of anilines is 1. The number of ether oxygens (including phenoxy) is 2. The molecular weight excluding hydrogens is 436 g/mol. The Labute approximate surface area is 187 Å². The number of carbonyl (C=O) groups excluding carboxylic acids is 1. The molecule has 1 fully saturated rings. The second kappa shape index (κ2) is 9.20. The molecule has 0 aliphatic carbocycles. The first-order valence-corrected chi connectivity index (χ1v) is 12.6. The van der Waals surface area contributed by atoms with Gasteiger partial charge in [0.2, 0.25) is 10.0 Å². The van der Waals surface area contributed by atoms with Gasteiger partial charge in [-0.15, -0.1) is 11.8 Å². The van der Waals surface area contributed by atoms with Gasteiger partial charge in [0.25, 0.3) is 5.91 Å². The summed E-state index contributed by atoms with van der Waals surface area (Å²) in [5.41, 5.74) is 1.08. The van der Waals surface area contributed by atoms with Crippen molar-refractivity contribution in [2.24, 2.45) is 0 Å². The number of morpholine rings is 1. The van der Waals surface area contributed by atoms with Gasteiger partial charge in [-0.2, -0.15) is 4.31 Å². The summed E-state index contributed by atoms with van der Waals surface area (Å²) in [5.74, 6) is 0.0892. The summed E-state index contributed by atoms with van der Waals surface area (Å²) in [5, 5.41) is 0.369. The number of thioether (sulfide) groups is 1. The Kier molecular flexibility index (Phi) is 6.57. The highest BCUT2D eigenvalue weighted by atomic mass is 32.2. The Bertz CT molecular complexity index is 1070. The number of rotatable bonds is 4. The molecule has 0 aromatic heterocycles. The second-order valence-electron chi connectivity index (χ2n) is 7.52. The van der Waals surface area contributed by atoms with Gasteiger partial charge in [-0.3, -0.25) is 4.79 Å². The molecule has 7 nitrogen and oxygen atoms in total. The van der Waals surface area contributed by atoms with Gasteiger partial charge in [0, 0.05) is 29.8 Å². The highest BCUT2D eigenvalue weighted by Gasteiger charge is 2.31. The van der Waals surface area contributed by atoms with Gasteiger partial charge in [0.05, 0.1) is 36.5 Å². The van der Waals surface area contributed by atoms with Gasteiger partial charge in [-0.25, -0.2) is 8.42 Å². The number of hydrogen-bond acceptors (Lipinski definition) is 6. The Morgan fingerprint density at radius 1 is 1.13 bits per heavy atom. The quantitative estimate of drug-likeness (QED) is 0.694. The zero-order valence-electron chi connectivity index (χ0n) is 17.6. The molecule has 2 aromatic carbocycles. The molecule has 1 unspecified atom stereocenters. The van der Waals surface area contributed by atoms with Crippen molar-refractivity contribution >= 4 is 33.4 Å². The van der Waals surface area contributed by atoms with Crippen molar-refractivity contribution in [1.82, 2.24) is 4.31 Å². The van der Waals surface area contributed by atoms with Gasteiger partial charge in [0.15, 0.2) is 0 Å². The maximum atomic E-state index is 13.7. The lowest BCUT2D eigenvalue weighted by Gasteiger charge is -2.27. The van der Waals surface area contributed by atoms with Crippen LogP contribution in [0.1, 0.15) is 23.7 Å². The van der Waals surface area contributed by atoms with Crippen LogP contribution in [0.15, 0.2) is 52.3 Å². The maximum absolute atomic E-state index is 13.7. The monoisotopic (exact) mass is 462 g/mol. The van der Waals surface area contributed by atoms with Crippen LogP contribution in [-0.2, 0) is 14.8 Å². The third kappa shape index (κ3) is 4.45. The average molecular weight is 463 g/mol. The van der Waals surface area contributed by atoms with E-state index in [2.05, 4.69) is 6.92 Å². The first kappa shape index (κ1) is 22.1. The van der Waals surface area contributed by atoms with Crippen LogP contribution in [0.2, 0.25) is 0 Å². The smallest absolute Gasteiger partial charge is 0.262 e. The van der Waals surface area contributed by atoms with Gasteiger partial charge in [0.1, 0.15) is 5.75 Å². The SMILES string of the molecule is COc1ccc(S(=O)(=O)N2CCOCC2)cc1C(=O)N1CCC(C)Sc2ccccc21. The molecule has 1 saturated heterocycles. The van der Waals surface area contributed by atoms with Crippen LogP contribution in [0.25, 0.3) is 0 Å². The average Bonchev–Trinajstić information content (AvgIpc) is 2.96. The topological polar surface area (TPSA) is 76.1 Å². The van der Waals surface area contributed by atoms with Crippen LogP contribution in [-0.4, -0.2) is 63.8 Å². The highest BCUT2D eigenvalue weighted by molar-refractivity contribution is 8.00. The third-order valence-corrected chi connectivity index (χ3v) is 8.63. The number of carbonyl (C=O) groups is 1. The standard InChI is InChI=1S/C22H26N2O5S2/c1-16-9-10-24(19-5-3-4-6-21(19)30-16)22(25)18-15-17(7-8-20(18)28-2)31(26,27)23-11-13-29-14-12-23/h3-8,15-16H,9-14H2,1-2H3. The second-order valence-corrected chi connectivity index (χ2v) is 10.9. The molecule has 2 aromatic rings. The molecule has 0 spiro atoms. The van der Waals surface area contributed by atoms with E-state index >= 15 is 0 Å². The van der Waals surface area contributed by atoms with Crippen LogP contribution in [0.3, 0.4) is 0 Å². The van der Waals surface area contributed by atoms with Gasteiger partial charge < -0.3 is 14.4 Å². The van der Waals surface area contributed by atoms with Gasteiger partial charge in [-0.1, -0.05) is 19.1 Å². The predicted molar refractivity (Wildman–Crippen MR) is 121 cm³/mol. The summed E-state index contributed by atoms with van der Waals surface area (Å²) in [6.07, 6.45) is 0.833. The van der Waals surface area contributed by atoms with E-state index in [0.717, 1.165) is 17.0 Å². The van der Waals surface area contributed by atoms with Crippen LogP contribution in [0.4, 0.5) is 5.69 Å². The van der Waals surface area contributed by atoms with Crippen molar-refractivity contribution in [3.63, 3.8) is 0 Å². The fourth-order valence-corrected chi connectivity index (χ4v) is 6.34. The number of methoxy groups -OCH3 is 1. The summed E-state index contributed by atoms with van der Waals surface area (Å²) < 4.78 is 38.4. The van der Waals surface area contributed by atoms with E-state index in [0.29, 0.717) is 43.8 Å². The van der Waals surface area contributed by atoms with Crippen LogP contribution in [0, 0.1) is 0 Å². The number of amides is 1. The minimum absolute atomic E-state index is 0.0874. The number of para-hydroxylation sites is 1. The number of hydrogen-bond donors (Lipinski definition) is 0. The van der Waals surface area contributed by atoms with E-state index in [9.17, 15) is 13.2 Å². The molecule has 0 saturated carbocycles. The molecule has 2 aliphatic heterocycles. The number of fused-ring (bicyclic) bond motifs is 1. The number of benzene rings is 2. The van der Waals surface area contributed by atoms with Crippen LogP contribution < -0.4 is 9.64 Å². The molecular formula is C22H26N2O5S2. The first-order chi connectivity index (χ1) is 14.9. The predicted octanol–water partition coefficient (Wildman–Crippen LogP) is 3.25. The van der Waals surface area contributed by atoms with Gasteiger partial charge in [-0.05, 0) is 36.8 Å². The lowest BCUT2D eigenvalue weighted by atomic mass is 10.1. The van der Waals surface area contributed by atoms with Crippen molar-refractivity contribution in [1.29, 1.82) is 0 Å². The summed E-state index contributed by atoms with van der Waals surface area (Å²) in [6, 6.07) is 12.3. The maximum Gasteiger partial charge on any atom is 0.262 e. The summed E-state index contributed by atoms with van der Waals surface area (Å²) >= 11 is 1.75. The lowest BCUT2D eigenvalue weighted by molar-refractivity contribution is 0.0730. The summed E-state index contributed by atoms with van der Waals surface area (Å²) in [4.78, 5) is 16.5. The van der Waals surface area contributed by atoms with Crippen molar-refractivity contribution < 1.29 is 22.7 Å². The Morgan fingerprint density at radius 3 is 2.61 bits per heavy atom. The van der Waals surface area contributed by atoms with Crippen molar-refractivity contribution in [2.45, 2.75) is 28.4 Å². The minimum Gasteiger partial charge on any atom is -0.496 e. The van der Waals surface area contributed by atoms with Crippen molar-refractivity contribution in [3.05, 3.63) is 48.0 Å². The van der Waals surface area contributed by atoms with E-state index in [1.54, 1.807) is 22.7 Å². The van der Waals surface area contributed by atoms with Crippen LogP contribution in [0.5, 0.6) is 5.75 Å². The minimum atomic E-state index is -3.73. The number of sulfonamides is 1. The van der Waals surface area contributed by atoms with Crippen LogP contribution >= 0.6 is 11.8 Å². The molecule has 4 rings (SSSR count). The summed E-state index contributed by atoms with van der Waals surface area (Å²) in [6.45, 7) is 4.01. The summed E-state index contributed by atoms with van der Waals surface area (Å²) in [7, 11) is -2.24.